The van der Waals surface area contributed by atoms with Gasteiger partial charge in [-0.15, -0.1) is 0 Å². The monoisotopic (exact) mass is 364 g/mol. The van der Waals surface area contributed by atoms with Crippen molar-refractivity contribution in [3.8, 4) is 5.75 Å². The number of aryl methyl sites for hydroxylation is 1. The Kier molecular flexibility index (Phi) is 5.76. The van der Waals surface area contributed by atoms with E-state index in [0.29, 0.717) is 0 Å². The van der Waals surface area contributed by atoms with Gasteiger partial charge in [0.1, 0.15) is 10.6 Å². The lowest BCUT2D eigenvalue weighted by atomic mass is 10.1. The molecule has 0 spiro atoms. The highest BCUT2D eigenvalue weighted by Crippen LogP contribution is 2.30. The highest BCUT2D eigenvalue weighted by molar-refractivity contribution is 7.89. The number of benzene rings is 2. The molecule has 0 heterocycles. The number of methoxy groups -OCH3 is 1. The second kappa shape index (κ2) is 7.62. The Labute approximate surface area is 147 Å². The SMILES string of the molecule is CCc1ccc(CN(C)S(=O)(=O)c2cc([N+](=O)[O-])ccc2OC)cc1. The highest BCUT2D eigenvalue weighted by Gasteiger charge is 2.27. The van der Waals surface area contributed by atoms with E-state index < -0.39 is 14.9 Å². The largest absolute Gasteiger partial charge is 0.495 e. The number of nitro benzene ring substituents is 1. The smallest absolute Gasteiger partial charge is 0.271 e. The molecule has 0 atom stereocenters. The fourth-order valence-corrected chi connectivity index (χ4v) is 3.70. The van der Waals surface area contributed by atoms with E-state index in [9.17, 15) is 18.5 Å². The molecule has 2 rings (SSSR count). The molecular formula is C17H20N2O5S. The summed E-state index contributed by atoms with van der Waals surface area (Å²) in [6.45, 7) is 2.19. The number of sulfonamides is 1. The third-order valence-electron chi connectivity index (χ3n) is 3.88. The van der Waals surface area contributed by atoms with Crippen LogP contribution in [0.5, 0.6) is 5.75 Å². The summed E-state index contributed by atoms with van der Waals surface area (Å²) in [6.07, 6.45) is 0.902. The Morgan fingerprint density at radius 1 is 1.12 bits per heavy atom. The van der Waals surface area contributed by atoms with Crippen LogP contribution in [0.15, 0.2) is 47.4 Å². The van der Waals surface area contributed by atoms with E-state index in [1.165, 1.54) is 26.3 Å². The van der Waals surface area contributed by atoms with Crippen LogP contribution in [0, 0.1) is 10.1 Å². The summed E-state index contributed by atoms with van der Waals surface area (Å²) < 4.78 is 31.9. The Morgan fingerprint density at radius 2 is 1.72 bits per heavy atom. The maximum absolute atomic E-state index is 12.8. The van der Waals surface area contributed by atoms with E-state index in [0.717, 1.165) is 27.9 Å². The second-order valence-corrected chi connectivity index (χ2v) is 7.54. The van der Waals surface area contributed by atoms with E-state index in [2.05, 4.69) is 0 Å². The third kappa shape index (κ3) is 4.15. The molecule has 0 aliphatic carbocycles. The van der Waals surface area contributed by atoms with Gasteiger partial charge in [0, 0.05) is 25.7 Å². The summed E-state index contributed by atoms with van der Waals surface area (Å²) in [5, 5.41) is 11.0. The van der Waals surface area contributed by atoms with Crippen molar-refractivity contribution in [1.82, 2.24) is 4.31 Å². The summed E-state index contributed by atoms with van der Waals surface area (Å²) in [7, 11) is -1.19. The number of non-ortho nitro benzene ring substituents is 1. The van der Waals surface area contributed by atoms with Crippen LogP contribution in [0.4, 0.5) is 5.69 Å². The Morgan fingerprint density at radius 3 is 2.24 bits per heavy atom. The zero-order valence-corrected chi connectivity index (χ0v) is 15.1. The lowest BCUT2D eigenvalue weighted by Gasteiger charge is -2.19. The summed E-state index contributed by atoms with van der Waals surface area (Å²) >= 11 is 0. The quantitative estimate of drug-likeness (QED) is 0.556. The first-order chi connectivity index (χ1) is 11.8. The van der Waals surface area contributed by atoms with Crippen molar-refractivity contribution in [2.75, 3.05) is 14.2 Å². The zero-order valence-electron chi connectivity index (χ0n) is 14.3. The summed E-state index contributed by atoms with van der Waals surface area (Å²) in [5.74, 6) is 0.0683. The van der Waals surface area contributed by atoms with E-state index in [-0.39, 0.29) is 22.9 Å². The van der Waals surface area contributed by atoms with Crippen molar-refractivity contribution in [1.29, 1.82) is 0 Å². The van der Waals surface area contributed by atoms with Crippen LogP contribution in [0.25, 0.3) is 0 Å². The first kappa shape index (κ1) is 18.9. The zero-order chi connectivity index (χ0) is 18.6. The van der Waals surface area contributed by atoms with E-state index in [1.807, 2.05) is 31.2 Å². The maximum Gasteiger partial charge on any atom is 0.271 e. The minimum atomic E-state index is -3.95. The molecule has 25 heavy (non-hydrogen) atoms. The fourth-order valence-electron chi connectivity index (χ4n) is 2.37. The number of nitrogens with zero attached hydrogens (tertiary/aromatic N) is 2. The van der Waals surface area contributed by atoms with Gasteiger partial charge in [-0.05, 0) is 23.6 Å². The number of hydrogen-bond donors (Lipinski definition) is 0. The molecule has 0 radical (unpaired) electrons. The Balaban J connectivity index is 2.35. The number of nitro groups is 1. The van der Waals surface area contributed by atoms with Crippen LogP contribution >= 0.6 is 0 Å². The predicted octanol–water partition coefficient (Wildman–Crippen LogP) is 2.99. The minimum absolute atomic E-state index is 0.0683. The first-order valence-electron chi connectivity index (χ1n) is 7.66. The normalized spacial score (nSPS) is 11.5. The van der Waals surface area contributed by atoms with Crippen molar-refractivity contribution in [3.63, 3.8) is 0 Å². The van der Waals surface area contributed by atoms with Gasteiger partial charge in [-0.3, -0.25) is 10.1 Å². The molecule has 0 aliphatic heterocycles. The summed E-state index contributed by atoms with van der Waals surface area (Å²) in [4.78, 5) is 10.1. The van der Waals surface area contributed by atoms with Crippen LogP contribution in [0.3, 0.4) is 0 Å². The molecule has 2 aromatic rings. The molecule has 7 nitrogen and oxygen atoms in total. The molecule has 0 fully saturated rings. The number of rotatable bonds is 7. The summed E-state index contributed by atoms with van der Waals surface area (Å²) in [6, 6.07) is 11.2. The average Bonchev–Trinajstić information content (AvgIpc) is 2.61. The van der Waals surface area contributed by atoms with Crippen molar-refractivity contribution in [2.24, 2.45) is 0 Å². The summed E-state index contributed by atoms with van der Waals surface area (Å²) in [5.41, 5.74) is 1.68. The van der Waals surface area contributed by atoms with Crippen LogP contribution in [0.2, 0.25) is 0 Å². The predicted molar refractivity (Wildman–Crippen MR) is 94.1 cm³/mol. The van der Waals surface area contributed by atoms with Crippen LogP contribution in [-0.4, -0.2) is 31.8 Å². The van der Waals surface area contributed by atoms with Crippen molar-refractivity contribution < 1.29 is 18.1 Å². The van der Waals surface area contributed by atoms with Gasteiger partial charge in [0.2, 0.25) is 10.0 Å². The van der Waals surface area contributed by atoms with Gasteiger partial charge in [0.25, 0.3) is 5.69 Å². The Bertz CT molecular complexity index is 863. The van der Waals surface area contributed by atoms with Crippen LogP contribution < -0.4 is 4.74 Å². The molecule has 0 unspecified atom stereocenters. The fraction of sp³-hybridized carbons (Fsp3) is 0.294. The molecular weight excluding hydrogens is 344 g/mol. The molecule has 0 saturated carbocycles. The van der Waals surface area contributed by atoms with E-state index in [4.69, 9.17) is 4.74 Å². The number of ether oxygens (including phenoxy) is 1. The van der Waals surface area contributed by atoms with Crippen LogP contribution in [-0.2, 0) is 23.0 Å². The van der Waals surface area contributed by atoms with E-state index in [1.54, 1.807) is 0 Å². The second-order valence-electron chi connectivity index (χ2n) is 5.52. The van der Waals surface area contributed by atoms with Gasteiger partial charge >= 0.3 is 0 Å². The van der Waals surface area contributed by atoms with Gasteiger partial charge in [-0.1, -0.05) is 31.2 Å². The minimum Gasteiger partial charge on any atom is -0.495 e. The van der Waals surface area contributed by atoms with Crippen molar-refractivity contribution in [3.05, 3.63) is 63.7 Å². The van der Waals surface area contributed by atoms with Gasteiger partial charge in [-0.2, -0.15) is 4.31 Å². The topological polar surface area (TPSA) is 89.8 Å². The molecule has 0 amide bonds. The van der Waals surface area contributed by atoms with Gasteiger partial charge in [0.05, 0.1) is 12.0 Å². The highest BCUT2D eigenvalue weighted by atomic mass is 32.2. The van der Waals surface area contributed by atoms with Crippen molar-refractivity contribution >= 4 is 15.7 Å². The van der Waals surface area contributed by atoms with E-state index >= 15 is 0 Å². The molecule has 0 bridgehead atoms. The standard InChI is InChI=1S/C17H20N2O5S/c1-4-13-5-7-14(8-6-13)12-18(2)25(22,23)17-11-15(19(20)21)9-10-16(17)24-3/h5-11H,4,12H2,1-3H3. The first-order valence-corrected chi connectivity index (χ1v) is 9.10. The lowest BCUT2D eigenvalue weighted by molar-refractivity contribution is -0.385. The van der Waals surface area contributed by atoms with Crippen LogP contribution in [0.1, 0.15) is 18.1 Å². The molecule has 0 saturated heterocycles. The number of hydrogen-bond acceptors (Lipinski definition) is 5. The van der Waals surface area contributed by atoms with Crippen molar-refractivity contribution in [2.45, 2.75) is 24.8 Å². The molecule has 134 valence electrons. The maximum atomic E-state index is 12.8. The average molecular weight is 364 g/mol. The third-order valence-corrected chi connectivity index (χ3v) is 5.71. The molecule has 0 N–H and O–H groups in total. The van der Waals surface area contributed by atoms with Gasteiger partial charge < -0.3 is 4.74 Å². The molecule has 2 aromatic carbocycles. The lowest BCUT2D eigenvalue weighted by Crippen LogP contribution is -2.27. The van der Waals surface area contributed by atoms with Gasteiger partial charge in [0.15, 0.2) is 0 Å². The Hall–Kier alpha value is -2.45. The molecule has 8 heteroatoms. The molecule has 0 aromatic heterocycles. The van der Waals surface area contributed by atoms with Gasteiger partial charge in [-0.25, -0.2) is 8.42 Å². The molecule has 0 aliphatic rings.